The molecule has 106 valence electrons. The highest BCUT2D eigenvalue weighted by Gasteiger charge is 2.30. The van der Waals surface area contributed by atoms with E-state index in [-0.39, 0.29) is 0 Å². The van der Waals surface area contributed by atoms with Crippen LogP contribution in [-0.2, 0) is 9.47 Å². The molecule has 0 amide bonds. The first-order valence-electron chi connectivity index (χ1n) is 8.04. The molecule has 18 heavy (non-hydrogen) atoms. The van der Waals surface area contributed by atoms with Gasteiger partial charge in [0, 0.05) is 6.61 Å². The fourth-order valence-corrected chi connectivity index (χ4v) is 3.54. The van der Waals surface area contributed by atoms with Crippen LogP contribution in [-0.4, -0.2) is 25.9 Å². The molecule has 1 aliphatic carbocycles. The minimum atomic E-state index is 0.426. The largest absolute Gasteiger partial charge is 0.379 e. The number of hydrogen-bond donors (Lipinski definition) is 0. The average molecular weight is 254 g/mol. The van der Waals surface area contributed by atoms with Crippen LogP contribution in [0, 0.1) is 5.41 Å². The van der Waals surface area contributed by atoms with Gasteiger partial charge in [0.05, 0.1) is 13.2 Å². The molecular weight excluding hydrogens is 224 g/mol. The standard InChI is InChI=1S/C16H30O2/c1-2-8-16(9-4-3-5-10-16)11-6-7-12-17-13-15-14-18-15/h15H,2-14H2,1H3. The maximum absolute atomic E-state index is 5.61. The van der Waals surface area contributed by atoms with Crippen molar-refractivity contribution < 1.29 is 9.47 Å². The van der Waals surface area contributed by atoms with E-state index in [1.807, 2.05) is 0 Å². The molecule has 2 aliphatic rings. The fraction of sp³-hybridized carbons (Fsp3) is 1.00. The first-order valence-corrected chi connectivity index (χ1v) is 8.04. The topological polar surface area (TPSA) is 21.8 Å². The molecule has 0 radical (unpaired) electrons. The molecule has 2 rings (SSSR count). The number of epoxide rings is 1. The summed E-state index contributed by atoms with van der Waals surface area (Å²) < 4.78 is 10.7. The third-order valence-corrected chi connectivity index (χ3v) is 4.65. The Morgan fingerprint density at radius 3 is 2.56 bits per heavy atom. The van der Waals surface area contributed by atoms with Crippen molar-refractivity contribution in [1.29, 1.82) is 0 Å². The number of rotatable bonds is 9. The van der Waals surface area contributed by atoms with E-state index in [1.165, 1.54) is 64.2 Å². The molecule has 1 aliphatic heterocycles. The van der Waals surface area contributed by atoms with Gasteiger partial charge in [-0.25, -0.2) is 0 Å². The van der Waals surface area contributed by atoms with Crippen LogP contribution in [0.25, 0.3) is 0 Å². The molecule has 0 spiro atoms. The zero-order valence-electron chi connectivity index (χ0n) is 12.1. The Balaban J connectivity index is 1.56. The summed E-state index contributed by atoms with van der Waals surface area (Å²) in [5.41, 5.74) is 0.701. The Morgan fingerprint density at radius 2 is 1.89 bits per heavy atom. The van der Waals surface area contributed by atoms with Gasteiger partial charge in [0.15, 0.2) is 0 Å². The SMILES string of the molecule is CCCC1(CCCCOCC2CO2)CCCCC1. The van der Waals surface area contributed by atoms with Gasteiger partial charge in [-0.2, -0.15) is 0 Å². The molecule has 2 fully saturated rings. The van der Waals surface area contributed by atoms with Gasteiger partial charge in [-0.1, -0.05) is 39.0 Å². The summed E-state index contributed by atoms with van der Waals surface area (Å²) in [6, 6.07) is 0. The van der Waals surface area contributed by atoms with Crippen molar-refractivity contribution >= 4 is 0 Å². The predicted molar refractivity (Wildman–Crippen MR) is 74.8 cm³/mol. The van der Waals surface area contributed by atoms with E-state index in [2.05, 4.69) is 6.92 Å². The first-order chi connectivity index (χ1) is 8.85. The predicted octanol–water partition coefficient (Wildman–Crippen LogP) is 4.32. The highest BCUT2D eigenvalue weighted by Crippen LogP contribution is 2.44. The lowest BCUT2D eigenvalue weighted by molar-refractivity contribution is 0.103. The maximum Gasteiger partial charge on any atom is 0.104 e. The fourth-order valence-electron chi connectivity index (χ4n) is 3.54. The smallest absolute Gasteiger partial charge is 0.104 e. The van der Waals surface area contributed by atoms with E-state index in [0.29, 0.717) is 11.5 Å². The minimum Gasteiger partial charge on any atom is -0.379 e. The van der Waals surface area contributed by atoms with E-state index in [9.17, 15) is 0 Å². The summed E-state index contributed by atoms with van der Waals surface area (Å²) in [4.78, 5) is 0. The minimum absolute atomic E-state index is 0.426. The Kier molecular flexibility index (Phi) is 5.97. The van der Waals surface area contributed by atoms with E-state index < -0.39 is 0 Å². The van der Waals surface area contributed by atoms with Crippen LogP contribution in [0.3, 0.4) is 0 Å². The number of hydrogen-bond acceptors (Lipinski definition) is 2. The van der Waals surface area contributed by atoms with Gasteiger partial charge in [0.25, 0.3) is 0 Å². The van der Waals surface area contributed by atoms with Crippen molar-refractivity contribution in [2.75, 3.05) is 19.8 Å². The van der Waals surface area contributed by atoms with Gasteiger partial charge in [-0.3, -0.25) is 0 Å². The Labute approximate surface area is 112 Å². The second kappa shape index (κ2) is 7.49. The molecular formula is C16H30O2. The molecule has 0 aromatic rings. The zero-order valence-corrected chi connectivity index (χ0v) is 12.1. The molecule has 1 unspecified atom stereocenters. The molecule has 1 saturated carbocycles. The van der Waals surface area contributed by atoms with Crippen LogP contribution in [0.4, 0.5) is 0 Å². The van der Waals surface area contributed by atoms with E-state index in [4.69, 9.17) is 9.47 Å². The first kappa shape index (κ1) is 14.3. The highest BCUT2D eigenvalue weighted by molar-refractivity contribution is 4.82. The monoisotopic (exact) mass is 254 g/mol. The van der Waals surface area contributed by atoms with Crippen molar-refractivity contribution in [1.82, 2.24) is 0 Å². The van der Waals surface area contributed by atoms with Gasteiger partial charge in [0.2, 0.25) is 0 Å². The molecule has 0 N–H and O–H groups in total. The molecule has 0 bridgehead atoms. The molecule has 1 heterocycles. The van der Waals surface area contributed by atoms with Crippen LogP contribution in [0.2, 0.25) is 0 Å². The van der Waals surface area contributed by atoms with Gasteiger partial charge in [0.1, 0.15) is 6.10 Å². The summed E-state index contributed by atoms with van der Waals surface area (Å²) in [5.74, 6) is 0. The normalized spacial score (nSPS) is 26.2. The Morgan fingerprint density at radius 1 is 1.11 bits per heavy atom. The van der Waals surface area contributed by atoms with E-state index >= 15 is 0 Å². The van der Waals surface area contributed by atoms with Crippen LogP contribution < -0.4 is 0 Å². The van der Waals surface area contributed by atoms with Crippen LogP contribution >= 0.6 is 0 Å². The second-order valence-electron chi connectivity index (χ2n) is 6.30. The van der Waals surface area contributed by atoms with Gasteiger partial charge in [-0.15, -0.1) is 0 Å². The summed E-state index contributed by atoms with van der Waals surface area (Å²) >= 11 is 0. The van der Waals surface area contributed by atoms with Crippen molar-refractivity contribution in [2.45, 2.75) is 77.2 Å². The van der Waals surface area contributed by atoms with Crippen molar-refractivity contribution in [2.24, 2.45) is 5.41 Å². The Bertz CT molecular complexity index is 212. The zero-order chi connectivity index (χ0) is 12.7. The van der Waals surface area contributed by atoms with Gasteiger partial charge >= 0.3 is 0 Å². The lowest BCUT2D eigenvalue weighted by Crippen LogP contribution is -2.24. The van der Waals surface area contributed by atoms with Crippen LogP contribution in [0.1, 0.15) is 71.1 Å². The van der Waals surface area contributed by atoms with Gasteiger partial charge < -0.3 is 9.47 Å². The average Bonchev–Trinajstić information content (AvgIpc) is 3.19. The molecule has 1 atom stereocenters. The van der Waals surface area contributed by atoms with Crippen LogP contribution in [0.5, 0.6) is 0 Å². The quantitative estimate of drug-likeness (QED) is 0.451. The number of unbranched alkanes of at least 4 members (excludes halogenated alkanes) is 1. The third-order valence-electron chi connectivity index (χ3n) is 4.65. The van der Waals surface area contributed by atoms with Crippen LogP contribution in [0.15, 0.2) is 0 Å². The molecule has 0 aromatic heterocycles. The molecule has 2 nitrogen and oxygen atoms in total. The molecule has 1 saturated heterocycles. The second-order valence-corrected chi connectivity index (χ2v) is 6.30. The third kappa shape index (κ3) is 4.89. The van der Waals surface area contributed by atoms with E-state index in [0.717, 1.165) is 19.8 Å². The lowest BCUT2D eigenvalue weighted by atomic mass is 9.68. The van der Waals surface area contributed by atoms with Crippen molar-refractivity contribution in [3.63, 3.8) is 0 Å². The van der Waals surface area contributed by atoms with Crippen molar-refractivity contribution in [3.05, 3.63) is 0 Å². The van der Waals surface area contributed by atoms with Crippen molar-refractivity contribution in [3.8, 4) is 0 Å². The lowest BCUT2D eigenvalue weighted by Gasteiger charge is -2.37. The summed E-state index contributed by atoms with van der Waals surface area (Å²) in [7, 11) is 0. The summed E-state index contributed by atoms with van der Waals surface area (Å²) in [6.07, 6.45) is 14.6. The highest BCUT2D eigenvalue weighted by atomic mass is 16.6. The van der Waals surface area contributed by atoms with E-state index in [1.54, 1.807) is 0 Å². The Hall–Kier alpha value is -0.0800. The summed E-state index contributed by atoms with van der Waals surface area (Å²) in [6.45, 7) is 5.01. The summed E-state index contributed by atoms with van der Waals surface area (Å²) in [5, 5.41) is 0. The number of ether oxygens (including phenoxy) is 2. The molecule has 0 aromatic carbocycles. The molecule has 2 heteroatoms. The van der Waals surface area contributed by atoms with Gasteiger partial charge in [-0.05, 0) is 37.5 Å². The maximum atomic E-state index is 5.61.